The molecule has 3 fully saturated rings. The number of aliphatic hydroxyl groups is 4. The van der Waals surface area contributed by atoms with Gasteiger partial charge in [-0.3, -0.25) is 9.59 Å². The highest BCUT2D eigenvalue weighted by molar-refractivity contribution is 5.90. The molecule has 360 valence electrons. The molecule has 1 amide bonds. The van der Waals surface area contributed by atoms with Crippen LogP contribution in [0, 0.1) is 23.7 Å². The maximum Gasteiger partial charge on any atom is 0.311 e. The Bertz CT molecular complexity index is 1650. The Morgan fingerprint density at radius 2 is 1.54 bits per heavy atom. The average molecular weight is 894 g/mol. The molecule has 63 heavy (non-hydrogen) atoms. The van der Waals surface area contributed by atoms with Crippen LogP contribution in [0.25, 0.3) is 0 Å². The van der Waals surface area contributed by atoms with Crippen LogP contribution in [0.5, 0.6) is 0 Å². The van der Waals surface area contributed by atoms with Crippen LogP contribution in [0.4, 0.5) is 0 Å². The van der Waals surface area contributed by atoms with Crippen molar-refractivity contribution in [2.75, 3.05) is 28.3 Å². The SMILES string of the molecule is CC[C@H]1OC(=O)[C@H](C)[C@@H](OC2C[C@@](C)(OC)[C@@H](O)[C@H](C)O2)[C@H](C)[C@@H](OC2OC(C)CC(N(C)C)C2O)[C@](C)(OC)C[C@@H](C)/C(=N\NC(=O)CCc2ccccc2)[C@H](C)[C@@H](O)[C@]1(C)O. The lowest BCUT2D eigenvalue weighted by Crippen LogP contribution is -2.61. The van der Waals surface area contributed by atoms with E-state index in [2.05, 4.69) is 10.5 Å². The Morgan fingerprint density at radius 1 is 0.905 bits per heavy atom. The number of esters is 1. The number of hydrogen-bond donors (Lipinski definition) is 5. The van der Waals surface area contributed by atoms with Gasteiger partial charge < -0.3 is 58.5 Å². The van der Waals surface area contributed by atoms with Crippen molar-refractivity contribution in [2.45, 2.75) is 192 Å². The van der Waals surface area contributed by atoms with Gasteiger partial charge in [0.05, 0.1) is 47.6 Å². The second kappa shape index (κ2) is 22.3. The number of carbonyl (C=O) groups excluding carboxylic acids is 2. The third-order valence-corrected chi connectivity index (χ3v) is 14.1. The van der Waals surface area contributed by atoms with E-state index < -0.39 is 102 Å². The van der Waals surface area contributed by atoms with Gasteiger partial charge in [-0.05, 0) is 92.8 Å². The zero-order chi connectivity index (χ0) is 47.2. The minimum absolute atomic E-state index is 0.115. The first-order valence-corrected chi connectivity index (χ1v) is 22.7. The predicted octanol–water partition coefficient (Wildman–Crippen LogP) is 3.98. The minimum Gasteiger partial charge on any atom is -0.459 e. The summed E-state index contributed by atoms with van der Waals surface area (Å²) in [6.45, 7) is 17.6. The Kier molecular flexibility index (Phi) is 18.7. The molecule has 0 radical (unpaired) electrons. The van der Waals surface area contributed by atoms with E-state index in [0.717, 1.165) is 5.56 Å². The van der Waals surface area contributed by atoms with Gasteiger partial charge in [0, 0.05) is 50.7 Å². The van der Waals surface area contributed by atoms with Crippen molar-refractivity contribution in [1.82, 2.24) is 10.3 Å². The first-order chi connectivity index (χ1) is 29.4. The van der Waals surface area contributed by atoms with Crippen LogP contribution < -0.4 is 5.43 Å². The largest absolute Gasteiger partial charge is 0.459 e. The van der Waals surface area contributed by atoms with Crippen molar-refractivity contribution in [3.8, 4) is 0 Å². The molecule has 5 unspecified atom stereocenters. The van der Waals surface area contributed by atoms with Crippen molar-refractivity contribution in [3.63, 3.8) is 0 Å². The second-order valence-corrected chi connectivity index (χ2v) is 19.3. The number of amides is 1. The molecule has 3 saturated heterocycles. The summed E-state index contributed by atoms with van der Waals surface area (Å²) in [6.07, 6.45) is -8.18. The molecular formula is C47H79N3O13. The Hall–Kier alpha value is -2.61. The van der Waals surface area contributed by atoms with Crippen molar-refractivity contribution in [2.24, 2.45) is 28.8 Å². The highest BCUT2D eigenvalue weighted by atomic mass is 16.7. The van der Waals surface area contributed by atoms with Crippen LogP contribution in [0.15, 0.2) is 35.4 Å². The Balaban J connectivity index is 1.87. The summed E-state index contributed by atoms with van der Waals surface area (Å²) >= 11 is 0. The molecule has 0 saturated carbocycles. The molecule has 4 rings (SSSR count). The molecule has 16 nitrogen and oxygen atoms in total. The van der Waals surface area contributed by atoms with Gasteiger partial charge in [-0.25, -0.2) is 5.43 Å². The van der Waals surface area contributed by atoms with Gasteiger partial charge in [-0.2, -0.15) is 5.10 Å². The van der Waals surface area contributed by atoms with E-state index in [1.165, 1.54) is 14.0 Å². The predicted molar refractivity (Wildman–Crippen MR) is 236 cm³/mol. The van der Waals surface area contributed by atoms with Gasteiger partial charge in [0.2, 0.25) is 5.91 Å². The number of ether oxygens (including phenoxy) is 7. The zero-order valence-electron chi connectivity index (χ0n) is 40.1. The molecule has 0 bridgehead atoms. The van der Waals surface area contributed by atoms with Crippen LogP contribution >= 0.6 is 0 Å². The highest BCUT2D eigenvalue weighted by Gasteiger charge is 2.54. The maximum absolute atomic E-state index is 14.5. The highest BCUT2D eigenvalue weighted by Crippen LogP contribution is 2.42. The standard InChI is InChI=1S/C47H79N3O13/c1-15-34-47(10,56)40(53)28(4)37(49-48-35(51)22-21-32-19-17-16-18-20-32)26(2)24-46(9,58-14)42(63-44-38(52)33(50(11)12)23-27(3)59-44)29(5)39(30(6)43(55)61-34)62-36-25-45(8,57-13)41(54)31(7)60-36/h16-20,26-31,33-34,36,38-42,44,52-54,56H,15,21-25H2,1-14H3,(H,48,51)/b49-37+/t26-,27?,28+,29+,30-,31+,33?,34-,36?,38?,39+,40-,41+,42-,44?,45-,46-,47-/m1/s1. The smallest absolute Gasteiger partial charge is 0.311 e. The lowest BCUT2D eigenvalue weighted by Gasteiger charge is -2.50. The number of rotatable bonds is 12. The number of hydrogen-bond acceptors (Lipinski definition) is 15. The quantitative estimate of drug-likeness (QED) is 0.149. The van der Waals surface area contributed by atoms with Crippen LogP contribution in [0.2, 0.25) is 0 Å². The Morgan fingerprint density at radius 3 is 2.13 bits per heavy atom. The van der Waals surface area contributed by atoms with Crippen molar-refractivity contribution in [3.05, 3.63) is 35.9 Å². The van der Waals surface area contributed by atoms with E-state index in [4.69, 9.17) is 33.2 Å². The Labute approximate surface area is 375 Å². The van der Waals surface area contributed by atoms with E-state index >= 15 is 0 Å². The van der Waals surface area contributed by atoms with Gasteiger partial charge in [-0.1, -0.05) is 58.0 Å². The average Bonchev–Trinajstić information content (AvgIpc) is 3.24. The fraction of sp³-hybridized carbons (Fsp3) is 0.809. The van der Waals surface area contributed by atoms with Crippen LogP contribution in [0.3, 0.4) is 0 Å². The topological polar surface area (TPSA) is 207 Å². The molecule has 18 atom stereocenters. The monoisotopic (exact) mass is 894 g/mol. The summed E-state index contributed by atoms with van der Waals surface area (Å²) in [5, 5.41) is 51.7. The van der Waals surface area contributed by atoms with Gasteiger partial charge in [0.15, 0.2) is 12.6 Å². The normalized spacial score (nSPS) is 43.0. The number of aryl methyl sites for hydroxylation is 1. The van der Waals surface area contributed by atoms with E-state index in [0.29, 0.717) is 18.6 Å². The third-order valence-electron chi connectivity index (χ3n) is 14.1. The van der Waals surface area contributed by atoms with Crippen molar-refractivity contribution in [1.29, 1.82) is 0 Å². The first kappa shape index (κ1) is 53.0. The van der Waals surface area contributed by atoms with E-state index in [1.54, 1.807) is 41.7 Å². The number of hydrazone groups is 1. The number of cyclic esters (lactones) is 1. The fourth-order valence-corrected chi connectivity index (χ4v) is 9.89. The number of likely N-dealkylation sites (N-methyl/N-ethyl adjacent to an activating group) is 1. The molecule has 3 heterocycles. The van der Waals surface area contributed by atoms with E-state index in [9.17, 15) is 30.0 Å². The summed E-state index contributed by atoms with van der Waals surface area (Å²) in [7, 11) is 6.83. The van der Waals surface area contributed by atoms with Gasteiger partial charge in [0.25, 0.3) is 0 Å². The van der Waals surface area contributed by atoms with Crippen LogP contribution in [-0.2, 0) is 49.2 Å². The molecule has 1 aromatic rings. The summed E-state index contributed by atoms with van der Waals surface area (Å²) in [5.74, 6) is -4.22. The van der Waals surface area contributed by atoms with Gasteiger partial charge in [0.1, 0.15) is 23.9 Å². The number of benzene rings is 1. The number of nitrogens with one attached hydrogen (secondary N) is 1. The first-order valence-electron chi connectivity index (χ1n) is 22.7. The second-order valence-electron chi connectivity index (χ2n) is 19.3. The van der Waals surface area contributed by atoms with E-state index in [-0.39, 0.29) is 43.7 Å². The summed E-state index contributed by atoms with van der Waals surface area (Å²) < 4.78 is 44.8. The minimum atomic E-state index is -1.98. The lowest BCUT2D eigenvalue weighted by atomic mass is 9.73. The van der Waals surface area contributed by atoms with Crippen molar-refractivity contribution < 1.29 is 63.2 Å². The third kappa shape index (κ3) is 12.4. The molecule has 1 aromatic carbocycles. The molecule has 0 aromatic heterocycles. The molecular weight excluding hydrogens is 815 g/mol. The maximum atomic E-state index is 14.5. The number of aliphatic hydroxyl groups excluding tert-OH is 3. The van der Waals surface area contributed by atoms with Gasteiger partial charge >= 0.3 is 5.97 Å². The van der Waals surface area contributed by atoms with E-state index in [1.807, 2.05) is 77.0 Å². The lowest BCUT2D eigenvalue weighted by molar-refractivity contribution is -0.319. The molecule has 3 aliphatic heterocycles. The fourth-order valence-electron chi connectivity index (χ4n) is 9.89. The number of nitrogens with zero attached hydrogens (tertiary/aromatic N) is 2. The molecule has 3 aliphatic rings. The van der Waals surface area contributed by atoms with Crippen molar-refractivity contribution >= 4 is 17.6 Å². The molecule has 0 spiro atoms. The summed E-state index contributed by atoms with van der Waals surface area (Å²) in [4.78, 5) is 29.8. The van der Waals surface area contributed by atoms with Crippen LogP contribution in [-0.4, -0.2) is 155 Å². The number of methoxy groups -OCH3 is 2. The van der Waals surface area contributed by atoms with Gasteiger partial charge in [-0.15, -0.1) is 0 Å². The summed E-state index contributed by atoms with van der Waals surface area (Å²) in [6, 6.07) is 9.32. The zero-order valence-corrected chi connectivity index (χ0v) is 40.1. The number of carbonyl (C=O) groups is 2. The molecule has 5 N–H and O–H groups in total. The molecule has 16 heteroatoms. The summed E-state index contributed by atoms with van der Waals surface area (Å²) in [5.41, 5.74) is -0.222. The van der Waals surface area contributed by atoms with Crippen LogP contribution in [0.1, 0.15) is 107 Å². The molecule has 0 aliphatic carbocycles.